The molecule has 1 heterocycles. The molecule has 1 fully saturated rings. The summed E-state index contributed by atoms with van der Waals surface area (Å²) in [6.07, 6.45) is 7.06. The highest BCUT2D eigenvalue weighted by Crippen LogP contribution is 2.37. The van der Waals surface area contributed by atoms with E-state index in [9.17, 15) is 0 Å². The first-order valence-electron chi connectivity index (χ1n) is 9.50. The fourth-order valence-electron chi connectivity index (χ4n) is 2.83. The first kappa shape index (κ1) is 19.9. The van der Waals surface area contributed by atoms with Crippen LogP contribution >= 0.6 is 0 Å². The summed E-state index contributed by atoms with van der Waals surface area (Å²) >= 11 is 0. The number of benzene rings is 1. The van der Waals surface area contributed by atoms with Crippen molar-refractivity contribution in [2.75, 3.05) is 19.0 Å². The Morgan fingerprint density at radius 1 is 1.29 bits per heavy atom. The van der Waals surface area contributed by atoms with E-state index in [1.54, 1.807) is 4.90 Å². The fraction of sp³-hybridized carbons (Fsp3) is 0.364. The van der Waals surface area contributed by atoms with Gasteiger partial charge in [-0.15, -0.1) is 5.10 Å². The lowest BCUT2D eigenvalue weighted by molar-refractivity contribution is 0.210. The van der Waals surface area contributed by atoms with Gasteiger partial charge in [-0.1, -0.05) is 53.7 Å². The molecule has 1 aromatic heterocycles. The van der Waals surface area contributed by atoms with Crippen molar-refractivity contribution in [2.24, 2.45) is 5.92 Å². The van der Waals surface area contributed by atoms with Crippen LogP contribution in [0, 0.1) is 5.92 Å². The molecular weight excluding hydrogens is 352 g/mol. The molecule has 3 rings (SSSR count). The second-order valence-electron chi connectivity index (χ2n) is 7.08. The van der Waals surface area contributed by atoms with Gasteiger partial charge in [-0.05, 0) is 31.1 Å². The van der Waals surface area contributed by atoms with Crippen LogP contribution in [0.25, 0.3) is 0 Å². The van der Waals surface area contributed by atoms with Crippen molar-refractivity contribution in [1.29, 1.82) is 0 Å². The van der Waals surface area contributed by atoms with Crippen molar-refractivity contribution < 1.29 is 9.15 Å². The number of hydrogen-bond donors (Lipinski definition) is 1. The van der Waals surface area contributed by atoms with Gasteiger partial charge in [0, 0.05) is 26.1 Å². The van der Waals surface area contributed by atoms with Crippen LogP contribution in [0.15, 0.2) is 70.9 Å². The molecular formula is C22H28N4O2. The zero-order valence-electron chi connectivity index (χ0n) is 16.8. The standard InChI is InChI=1S/C22H28N4O2/c1-5-18(27-15-17-9-7-6-8-10-17)12-11-16(2)19-13-20(19)23-14-21-24-25-22(28-21)26(3)4/h5-12,19-20,23H,2,13-15H2,1,3-4H3/b12-11-,18-5+/t19-,20+/m1/s1. The maximum absolute atomic E-state index is 5.87. The van der Waals surface area contributed by atoms with Crippen molar-refractivity contribution in [3.8, 4) is 0 Å². The monoisotopic (exact) mass is 380 g/mol. The van der Waals surface area contributed by atoms with Gasteiger partial charge >= 0.3 is 6.01 Å². The van der Waals surface area contributed by atoms with Crippen LogP contribution in [0.5, 0.6) is 0 Å². The molecule has 28 heavy (non-hydrogen) atoms. The lowest BCUT2D eigenvalue weighted by Gasteiger charge is -2.07. The van der Waals surface area contributed by atoms with Gasteiger partial charge in [-0.2, -0.15) is 0 Å². The summed E-state index contributed by atoms with van der Waals surface area (Å²) in [5.74, 6) is 1.87. The number of ether oxygens (including phenoxy) is 1. The van der Waals surface area contributed by atoms with Crippen LogP contribution < -0.4 is 10.2 Å². The van der Waals surface area contributed by atoms with E-state index in [0.29, 0.717) is 37.0 Å². The highest BCUT2D eigenvalue weighted by molar-refractivity contribution is 5.30. The van der Waals surface area contributed by atoms with Crippen LogP contribution in [-0.4, -0.2) is 30.3 Å². The molecule has 1 aliphatic carbocycles. The summed E-state index contributed by atoms with van der Waals surface area (Å²) in [6.45, 7) is 7.31. The normalized spacial score (nSPS) is 19.0. The molecule has 2 aromatic rings. The van der Waals surface area contributed by atoms with E-state index in [4.69, 9.17) is 9.15 Å². The van der Waals surface area contributed by atoms with E-state index in [1.165, 1.54) is 0 Å². The SMILES string of the molecule is C=C(/C=C\C(=C/C)OCc1ccccc1)[C@H]1C[C@@H]1NCc1nnc(N(C)C)o1. The van der Waals surface area contributed by atoms with Gasteiger partial charge in [-0.3, -0.25) is 0 Å². The number of nitrogens with one attached hydrogen (secondary N) is 1. The zero-order chi connectivity index (χ0) is 19.9. The average Bonchev–Trinajstić information content (AvgIpc) is 3.33. The maximum Gasteiger partial charge on any atom is 0.317 e. The minimum absolute atomic E-state index is 0.395. The number of rotatable bonds is 10. The average molecular weight is 380 g/mol. The Morgan fingerprint density at radius 2 is 2.07 bits per heavy atom. The highest BCUT2D eigenvalue weighted by atomic mass is 16.5. The molecule has 0 bridgehead atoms. The topological polar surface area (TPSA) is 63.4 Å². The molecule has 0 unspecified atom stereocenters. The fourth-order valence-corrected chi connectivity index (χ4v) is 2.83. The van der Waals surface area contributed by atoms with Crippen LogP contribution in [-0.2, 0) is 17.9 Å². The van der Waals surface area contributed by atoms with Crippen molar-refractivity contribution in [3.05, 3.63) is 77.9 Å². The third-order valence-electron chi connectivity index (χ3n) is 4.62. The minimum Gasteiger partial charge on any atom is -0.489 e. The summed E-state index contributed by atoms with van der Waals surface area (Å²) in [4.78, 5) is 1.79. The Bertz CT molecular complexity index is 839. The number of allylic oxidation sites excluding steroid dienone is 3. The Morgan fingerprint density at radius 3 is 2.75 bits per heavy atom. The highest BCUT2D eigenvalue weighted by Gasteiger charge is 2.38. The van der Waals surface area contributed by atoms with E-state index in [0.717, 1.165) is 23.3 Å². The van der Waals surface area contributed by atoms with E-state index < -0.39 is 0 Å². The van der Waals surface area contributed by atoms with Gasteiger partial charge in [0.15, 0.2) is 0 Å². The smallest absolute Gasteiger partial charge is 0.317 e. The molecule has 6 heteroatoms. The van der Waals surface area contributed by atoms with Crippen molar-refractivity contribution in [2.45, 2.75) is 32.5 Å². The molecule has 6 nitrogen and oxygen atoms in total. The third-order valence-corrected chi connectivity index (χ3v) is 4.62. The Hall–Kier alpha value is -2.86. The summed E-state index contributed by atoms with van der Waals surface area (Å²) in [5, 5.41) is 11.5. The third kappa shape index (κ3) is 5.57. The van der Waals surface area contributed by atoms with E-state index >= 15 is 0 Å². The Labute approximate surface area is 166 Å². The number of hydrogen-bond acceptors (Lipinski definition) is 6. The molecule has 0 saturated heterocycles. The Kier molecular flexibility index (Phi) is 6.66. The molecule has 1 N–H and O–H groups in total. The van der Waals surface area contributed by atoms with E-state index in [2.05, 4.69) is 34.2 Å². The van der Waals surface area contributed by atoms with Crippen LogP contribution in [0.4, 0.5) is 6.01 Å². The molecule has 148 valence electrons. The second kappa shape index (κ2) is 9.37. The molecule has 0 spiro atoms. The molecule has 0 radical (unpaired) electrons. The van der Waals surface area contributed by atoms with Crippen molar-refractivity contribution >= 4 is 6.01 Å². The van der Waals surface area contributed by atoms with Gasteiger partial charge < -0.3 is 19.4 Å². The number of anilines is 1. The van der Waals surface area contributed by atoms with Gasteiger partial charge in [0.25, 0.3) is 0 Å². The summed E-state index contributed by atoms with van der Waals surface area (Å²) in [5.41, 5.74) is 2.25. The maximum atomic E-state index is 5.87. The summed E-state index contributed by atoms with van der Waals surface area (Å²) < 4.78 is 11.4. The van der Waals surface area contributed by atoms with E-state index in [1.807, 2.05) is 57.4 Å². The predicted molar refractivity (Wildman–Crippen MR) is 111 cm³/mol. The van der Waals surface area contributed by atoms with Crippen molar-refractivity contribution in [3.63, 3.8) is 0 Å². The quantitative estimate of drug-likeness (QED) is 0.499. The number of aromatic nitrogens is 2. The summed E-state index contributed by atoms with van der Waals surface area (Å²) in [7, 11) is 3.75. The van der Waals surface area contributed by atoms with Gasteiger partial charge in [0.1, 0.15) is 12.4 Å². The van der Waals surface area contributed by atoms with Crippen LogP contribution in [0.3, 0.4) is 0 Å². The molecule has 1 saturated carbocycles. The minimum atomic E-state index is 0.395. The van der Waals surface area contributed by atoms with Crippen LogP contribution in [0.1, 0.15) is 24.8 Å². The second-order valence-corrected chi connectivity index (χ2v) is 7.08. The lowest BCUT2D eigenvalue weighted by atomic mass is 10.1. The molecule has 1 aromatic carbocycles. The van der Waals surface area contributed by atoms with Crippen LogP contribution in [0.2, 0.25) is 0 Å². The van der Waals surface area contributed by atoms with Gasteiger partial charge in [0.05, 0.1) is 6.54 Å². The van der Waals surface area contributed by atoms with Gasteiger partial charge in [0.2, 0.25) is 5.89 Å². The molecule has 0 amide bonds. The first-order valence-corrected chi connectivity index (χ1v) is 9.50. The van der Waals surface area contributed by atoms with Crippen molar-refractivity contribution in [1.82, 2.24) is 15.5 Å². The first-order chi connectivity index (χ1) is 13.6. The Balaban J connectivity index is 1.41. The summed E-state index contributed by atoms with van der Waals surface area (Å²) in [6, 6.07) is 11.1. The van der Waals surface area contributed by atoms with E-state index in [-0.39, 0.29) is 0 Å². The molecule has 1 aliphatic rings. The largest absolute Gasteiger partial charge is 0.489 e. The zero-order valence-corrected chi connectivity index (χ0v) is 16.8. The number of nitrogens with zero attached hydrogens (tertiary/aromatic N) is 3. The predicted octanol–water partition coefficient (Wildman–Crippen LogP) is 3.85. The molecule has 2 atom stereocenters. The lowest BCUT2D eigenvalue weighted by Crippen LogP contribution is -2.18. The van der Waals surface area contributed by atoms with Gasteiger partial charge in [-0.25, -0.2) is 0 Å². The molecule has 0 aliphatic heterocycles.